The summed E-state index contributed by atoms with van der Waals surface area (Å²) in [5, 5.41) is 7.04. The Morgan fingerprint density at radius 3 is 2.64 bits per heavy atom. The molecule has 0 N–H and O–H groups in total. The molecule has 2 atom stereocenters. The van der Waals surface area contributed by atoms with Crippen molar-refractivity contribution in [3.05, 3.63) is 50.2 Å². The molecule has 1 heterocycles. The minimum absolute atomic E-state index is 0.0518. The van der Waals surface area contributed by atoms with Gasteiger partial charge in [0.05, 0.1) is 12.6 Å². The summed E-state index contributed by atoms with van der Waals surface area (Å²) >= 11 is 0. The van der Waals surface area contributed by atoms with E-state index in [9.17, 15) is 4.79 Å². The molecule has 1 fully saturated rings. The monoisotopic (exact) mass is 345 g/mol. The lowest BCUT2D eigenvalue weighted by molar-refractivity contribution is -0.0725. The van der Waals surface area contributed by atoms with Gasteiger partial charge >= 0.3 is 0 Å². The molecule has 132 valence electrons. The number of ether oxygens (including phenoxy) is 2. The van der Waals surface area contributed by atoms with E-state index in [1.807, 2.05) is 0 Å². The Hall–Kier alpha value is -2.77. The van der Waals surface area contributed by atoms with Crippen molar-refractivity contribution in [2.24, 2.45) is 10.2 Å². The van der Waals surface area contributed by atoms with Crippen LogP contribution in [0.25, 0.3) is 20.9 Å². The maximum atomic E-state index is 12.8. The second-order valence-corrected chi connectivity index (χ2v) is 5.55. The lowest BCUT2D eigenvalue weighted by Crippen LogP contribution is -2.50. The van der Waals surface area contributed by atoms with Crippen LogP contribution in [0.5, 0.6) is 0 Å². The van der Waals surface area contributed by atoms with Gasteiger partial charge in [0, 0.05) is 48.4 Å². The van der Waals surface area contributed by atoms with Gasteiger partial charge in [0.25, 0.3) is 5.91 Å². The lowest BCUT2D eigenvalue weighted by Gasteiger charge is -2.37. The first-order valence-electron chi connectivity index (χ1n) is 7.67. The summed E-state index contributed by atoms with van der Waals surface area (Å²) in [5.41, 5.74) is 18.4. The third kappa shape index (κ3) is 4.62. The normalized spacial score (nSPS) is 19.7. The molecule has 0 saturated carbocycles. The number of hydrogen-bond acceptors (Lipinski definition) is 5. The van der Waals surface area contributed by atoms with E-state index in [4.69, 9.17) is 20.5 Å². The second-order valence-electron chi connectivity index (χ2n) is 5.55. The number of rotatable bonds is 6. The summed E-state index contributed by atoms with van der Waals surface area (Å²) in [5.74, 6) is -0.200. The van der Waals surface area contributed by atoms with Gasteiger partial charge in [-0.25, -0.2) is 0 Å². The fraction of sp³-hybridized carbons (Fsp3) is 0.533. The first-order valence-corrected chi connectivity index (χ1v) is 7.67. The smallest absolute Gasteiger partial charge is 0.253 e. The van der Waals surface area contributed by atoms with Gasteiger partial charge in [0.15, 0.2) is 0 Å². The number of amides is 1. The Morgan fingerprint density at radius 1 is 1.24 bits per heavy atom. The van der Waals surface area contributed by atoms with Gasteiger partial charge in [-0.05, 0) is 41.2 Å². The SMILES string of the molecule is CO[C@H]1CN(C(=O)c2cc(CN=[N+]=[N-])cc(N=[N+]=[N-])c2)CC[C@H]1OC. The molecule has 10 heteroatoms. The Kier molecular flexibility index (Phi) is 6.62. The van der Waals surface area contributed by atoms with Crippen LogP contribution in [0.15, 0.2) is 28.4 Å². The quantitative estimate of drug-likeness (QED) is 0.444. The molecule has 0 aliphatic carbocycles. The Labute approximate surface area is 144 Å². The number of hydrogen-bond donors (Lipinski definition) is 0. The molecule has 1 aliphatic rings. The number of benzene rings is 1. The summed E-state index contributed by atoms with van der Waals surface area (Å²) in [6.45, 7) is 1.01. The van der Waals surface area contributed by atoms with Crippen molar-refractivity contribution in [1.29, 1.82) is 0 Å². The molecule has 2 rings (SSSR count). The second kappa shape index (κ2) is 8.91. The van der Waals surface area contributed by atoms with E-state index in [0.717, 1.165) is 0 Å². The number of carbonyl (C=O) groups excluding carboxylic acids is 1. The van der Waals surface area contributed by atoms with Gasteiger partial charge in [-0.1, -0.05) is 10.2 Å². The van der Waals surface area contributed by atoms with Crippen LogP contribution >= 0.6 is 0 Å². The van der Waals surface area contributed by atoms with Crippen LogP contribution in [0, 0.1) is 0 Å². The van der Waals surface area contributed by atoms with Crippen molar-refractivity contribution in [3.8, 4) is 0 Å². The number of nitrogens with zero attached hydrogens (tertiary/aromatic N) is 7. The van der Waals surface area contributed by atoms with Crippen molar-refractivity contribution in [2.45, 2.75) is 25.2 Å². The third-order valence-corrected chi connectivity index (χ3v) is 4.09. The highest BCUT2D eigenvalue weighted by Crippen LogP contribution is 2.23. The summed E-state index contributed by atoms with van der Waals surface area (Å²) in [7, 11) is 3.21. The highest BCUT2D eigenvalue weighted by molar-refractivity contribution is 5.95. The van der Waals surface area contributed by atoms with Crippen molar-refractivity contribution in [2.75, 3.05) is 27.3 Å². The van der Waals surface area contributed by atoms with Gasteiger partial charge in [-0.2, -0.15) is 0 Å². The number of likely N-dealkylation sites (tertiary alicyclic amines) is 1. The summed E-state index contributed by atoms with van der Waals surface area (Å²) in [4.78, 5) is 20.0. The molecule has 0 unspecified atom stereocenters. The molecule has 0 radical (unpaired) electrons. The van der Waals surface area contributed by atoms with Gasteiger partial charge in [0.1, 0.15) is 6.10 Å². The molecule has 1 aliphatic heterocycles. The van der Waals surface area contributed by atoms with E-state index in [2.05, 4.69) is 20.1 Å². The molecule has 1 aromatic carbocycles. The zero-order valence-corrected chi connectivity index (χ0v) is 14.1. The van der Waals surface area contributed by atoms with Crippen LogP contribution in [-0.2, 0) is 16.0 Å². The van der Waals surface area contributed by atoms with E-state index in [-0.39, 0.29) is 24.7 Å². The molecule has 10 nitrogen and oxygen atoms in total. The van der Waals surface area contributed by atoms with Crippen LogP contribution in [0.2, 0.25) is 0 Å². The maximum Gasteiger partial charge on any atom is 0.253 e. The lowest BCUT2D eigenvalue weighted by atomic mass is 10.0. The van der Waals surface area contributed by atoms with Crippen molar-refractivity contribution >= 4 is 11.6 Å². The van der Waals surface area contributed by atoms with Gasteiger partial charge in [-0.15, -0.1) is 0 Å². The minimum Gasteiger partial charge on any atom is -0.379 e. The van der Waals surface area contributed by atoms with Crippen LogP contribution in [0.3, 0.4) is 0 Å². The zero-order valence-electron chi connectivity index (χ0n) is 14.1. The molecule has 0 spiro atoms. The van der Waals surface area contributed by atoms with Crippen LogP contribution in [-0.4, -0.2) is 50.3 Å². The van der Waals surface area contributed by atoms with E-state index in [0.29, 0.717) is 36.3 Å². The summed E-state index contributed by atoms with van der Waals surface area (Å²) < 4.78 is 10.8. The first-order chi connectivity index (χ1) is 12.1. The van der Waals surface area contributed by atoms with Gasteiger partial charge in [0.2, 0.25) is 0 Å². The fourth-order valence-corrected chi connectivity index (χ4v) is 2.87. The van der Waals surface area contributed by atoms with E-state index in [1.54, 1.807) is 31.3 Å². The summed E-state index contributed by atoms with van der Waals surface area (Å²) in [6, 6.07) is 4.74. The molecular weight excluding hydrogens is 326 g/mol. The van der Waals surface area contributed by atoms with Gasteiger partial charge < -0.3 is 14.4 Å². The Bertz CT molecular complexity index is 726. The standard InChI is InChI=1S/C15H19N7O3/c1-24-13-3-4-22(9-14(13)25-2)15(23)11-5-10(8-18-20-16)6-12(7-11)19-21-17/h5-7,13-14H,3-4,8-9H2,1-2H3/t13-,14+/m1/s1. The van der Waals surface area contributed by atoms with Gasteiger partial charge in [-0.3, -0.25) is 4.79 Å². The molecule has 1 amide bonds. The van der Waals surface area contributed by atoms with E-state index in [1.165, 1.54) is 6.07 Å². The highest BCUT2D eigenvalue weighted by Gasteiger charge is 2.32. The highest BCUT2D eigenvalue weighted by atomic mass is 16.5. The molecule has 0 aromatic heterocycles. The molecule has 1 aromatic rings. The number of piperidine rings is 1. The van der Waals surface area contributed by atoms with E-state index < -0.39 is 0 Å². The largest absolute Gasteiger partial charge is 0.379 e. The minimum atomic E-state index is -0.203. The predicted molar refractivity (Wildman–Crippen MR) is 90.2 cm³/mol. The third-order valence-electron chi connectivity index (χ3n) is 4.09. The van der Waals surface area contributed by atoms with E-state index >= 15 is 0 Å². The predicted octanol–water partition coefficient (Wildman–Crippen LogP) is 3.31. The zero-order chi connectivity index (χ0) is 18.2. The average molecular weight is 345 g/mol. The first kappa shape index (κ1) is 18.6. The van der Waals surface area contributed by atoms with Crippen molar-refractivity contribution in [3.63, 3.8) is 0 Å². The van der Waals surface area contributed by atoms with Crippen molar-refractivity contribution < 1.29 is 14.3 Å². The Morgan fingerprint density at radius 2 is 2.00 bits per heavy atom. The number of methoxy groups -OCH3 is 2. The topological polar surface area (TPSA) is 136 Å². The average Bonchev–Trinajstić information content (AvgIpc) is 2.65. The summed E-state index contributed by atoms with van der Waals surface area (Å²) in [6.07, 6.45) is 0.414. The van der Waals surface area contributed by atoms with Crippen LogP contribution in [0.4, 0.5) is 5.69 Å². The molecule has 0 bridgehead atoms. The number of azide groups is 2. The molecule has 25 heavy (non-hydrogen) atoms. The number of carbonyl (C=O) groups is 1. The van der Waals surface area contributed by atoms with Crippen molar-refractivity contribution in [1.82, 2.24) is 4.90 Å². The molecule has 1 saturated heterocycles. The molecular formula is C15H19N7O3. The Balaban J connectivity index is 2.26. The van der Waals surface area contributed by atoms with Crippen LogP contribution < -0.4 is 0 Å². The fourth-order valence-electron chi connectivity index (χ4n) is 2.87. The maximum absolute atomic E-state index is 12.8. The van der Waals surface area contributed by atoms with Crippen LogP contribution in [0.1, 0.15) is 22.3 Å².